The fourth-order valence-corrected chi connectivity index (χ4v) is 2.66. The quantitative estimate of drug-likeness (QED) is 0.648. The lowest BCUT2D eigenvalue weighted by Crippen LogP contribution is -2.45. The molecule has 0 spiro atoms. The Balaban J connectivity index is 2.72. The van der Waals surface area contributed by atoms with Gasteiger partial charge in [0.2, 0.25) is 0 Å². The number of rotatable bonds is 6. The third kappa shape index (κ3) is 8.38. The van der Waals surface area contributed by atoms with Crippen LogP contribution in [-0.2, 0) is 9.53 Å². The second kappa shape index (κ2) is 9.22. The average molecular weight is 413 g/mol. The van der Waals surface area contributed by atoms with Crippen LogP contribution >= 0.6 is 15.9 Å². The van der Waals surface area contributed by atoms with Crippen LogP contribution in [0.1, 0.15) is 48.0 Å². The molecule has 0 saturated carbocycles. The fraction of sp³-hybridized carbons (Fsp3) is 0.579. The van der Waals surface area contributed by atoms with E-state index in [0.717, 1.165) is 4.47 Å². The summed E-state index contributed by atoms with van der Waals surface area (Å²) in [7, 11) is 0. The summed E-state index contributed by atoms with van der Waals surface area (Å²) >= 11 is 3.35. The summed E-state index contributed by atoms with van der Waals surface area (Å²) < 4.78 is 6.46. The van der Waals surface area contributed by atoms with Crippen LogP contribution < -0.4 is 10.6 Å². The minimum absolute atomic E-state index is 0.280. The van der Waals surface area contributed by atoms with Gasteiger partial charge >= 0.3 is 12.0 Å². The SMILES string of the molecule is CC(C)C[C@H](C(=O)OC(C)(C)C)[C@@H](C)NC(=O)Nc1ccc(Br)cc1. The minimum atomic E-state index is -0.550. The molecule has 0 radical (unpaired) electrons. The van der Waals surface area contributed by atoms with Crippen molar-refractivity contribution in [2.45, 2.75) is 59.6 Å². The predicted octanol–water partition coefficient (Wildman–Crippen LogP) is 4.96. The maximum absolute atomic E-state index is 12.5. The van der Waals surface area contributed by atoms with Gasteiger partial charge in [-0.3, -0.25) is 4.79 Å². The maximum Gasteiger partial charge on any atom is 0.319 e. The van der Waals surface area contributed by atoms with Crippen LogP contribution in [0.5, 0.6) is 0 Å². The third-order valence-electron chi connectivity index (χ3n) is 3.50. The molecule has 0 fully saturated rings. The van der Waals surface area contributed by atoms with Crippen LogP contribution in [-0.4, -0.2) is 23.6 Å². The lowest BCUT2D eigenvalue weighted by molar-refractivity contribution is -0.161. The summed E-state index contributed by atoms with van der Waals surface area (Å²) in [4.78, 5) is 24.7. The molecule has 1 aromatic rings. The molecule has 0 heterocycles. The van der Waals surface area contributed by atoms with Gasteiger partial charge in [0.15, 0.2) is 0 Å². The van der Waals surface area contributed by atoms with Crippen molar-refractivity contribution < 1.29 is 14.3 Å². The molecule has 2 N–H and O–H groups in total. The summed E-state index contributed by atoms with van der Waals surface area (Å²) in [5, 5.41) is 5.62. The maximum atomic E-state index is 12.5. The summed E-state index contributed by atoms with van der Waals surface area (Å²) in [6, 6.07) is 6.62. The van der Waals surface area contributed by atoms with E-state index in [4.69, 9.17) is 4.74 Å². The Morgan fingerprint density at radius 2 is 1.68 bits per heavy atom. The van der Waals surface area contributed by atoms with Crippen molar-refractivity contribution in [3.8, 4) is 0 Å². The Morgan fingerprint density at radius 1 is 1.12 bits per heavy atom. The first-order valence-electron chi connectivity index (χ1n) is 8.54. The van der Waals surface area contributed by atoms with E-state index in [1.54, 1.807) is 12.1 Å². The second-order valence-electron chi connectivity index (χ2n) is 7.66. The van der Waals surface area contributed by atoms with Gasteiger partial charge in [-0.15, -0.1) is 0 Å². The molecule has 2 atom stereocenters. The Bertz CT molecular complexity index is 579. The number of carbonyl (C=O) groups is 2. The molecule has 0 aliphatic heterocycles. The van der Waals surface area contributed by atoms with Crippen LogP contribution in [0, 0.1) is 11.8 Å². The monoisotopic (exact) mass is 412 g/mol. The van der Waals surface area contributed by atoms with Crippen molar-refractivity contribution in [2.75, 3.05) is 5.32 Å². The highest BCUT2D eigenvalue weighted by atomic mass is 79.9. The van der Waals surface area contributed by atoms with Crippen molar-refractivity contribution in [1.82, 2.24) is 5.32 Å². The van der Waals surface area contributed by atoms with Gasteiger partial charge in [0.25, 0.3) is 0 Å². The first-order valence-corrected chi connectivity index (χ1v) is 9.33. The Morgan fingerprint density at radius 3 is 2.16 bits per heavy atom. The lowest BCUT2D eigenvalue weighted by Gasteiger charge is -2.29. The Kier molecular flexibility index (Phi) is 7.93. The smallest absolute Gasteiger partial charge is 0.319 e. The highest BCUT2D eigenvalue weighted by Crippen LogP contribution is 2.21. The van der Waals surface area contributed by atoms with Crippen molar-refractivity contribution in [2.24, 2.45) is 11.8 Å². The van der Waals surface area contributed by atoms with Crippen LogP contribution in [0.2, 0.25) is 0 Å². The first-order chi connectivity index (χ1) is 11.5. The van der Waals surface area contributed by atoms with E-state index < -0.39 is 11.5 Å². The first kappa shape index (κ1) is 21.5. The summed E-state index contributed by atoms with van der Waals surface area (Å²) in [5.41, 5.74) is 0.136. The number of urea groups is 1. The molecule has 6 heteroatoms. The molecule has 140 valence electrons. The Hall–Kier alpha value is -1.56. The molecule has 0 aliphatic rings. The number of nitrogens with one attached hydrogen (secondary N) is 2. The topological polar surface area (TPSA) is 67.4 Å². The third-order valence-corrected chi connectivity index (χ3v) is 4.03. The van der Waals surface area contributed by atoms with E-state index in [1.165, 1.54) is 0 Å². The number of halogens is 1. The van der Waals surface area contributed by atoms with Gasteiger partial charge < -0.3 is 15.4 Å². The molecule has 0 aromatic heterocycles. The number of ether oxygens (including phenoxy) is 1. The van der Waals surface area contributed by atoms with Gasteiger partial charge in [0.05, 0.1) is 5.92 Å². The molecule has 1 rings (SSSR count). The van der Waals surface area contributed by atoms with Crippen molar-refractivity contribution in [3.05, 3.63) is 28.7 Å². The molecule has 1 aromatic carbocycles. The van der Waals surface area contributed by atoms with Crippen LogP contribution in [0.4, 0.5) is 10.5 Å². The normalized spacial score (nSPS) is 13.9. The standard InChI is InChI=1S/C19H29BrN2O3/c1-12(2)11-16(17(23)25-19(4,5)6)13(3)21-18(24)22-15-9-7-14(20)8-10-15/h7-10,12-13,16H,11H2,1-6H3,(H2,21,22,24)/t13-,16+/m1/s1. The highest BCUT2D eigenvalue weighted by molar-refractivity contribution is 9.10. The molecular weight excluding hydrogens is 384 g/mol. The summed E-state index contributed by atoms with van der Waals surface area (Å²) in [6.07, 6.45) is 0.647. The van der Waals surface area contributed by atoms with E-state index in [-0.39, 0.29) is 18.0 Å². The summed E-state index contributed by atoms with van der Waals surface area (Å²) in [6.45, 7) is 11.5. The van der Waals surface area contributed by atoms with E-state index in [1.807, 2.05) is 53.7 Å². The zero-order chi connectivity index (χ0) is 19.2. The number of anilines is 1. The van der Waals surface area contributed by atoms with Gasteiger partial charge in [0, 0.05) is 16.2 Å². The zero-order valence-electron chi connectivity index (χ0n) is 15.9. The second-order valence-corrected chi connectivity index (χ2v) is 8.58. The molecular formula is C19H29BrN2O3. The lowest BCUT2D eigenvalue weighted by atomic mass is 9.91. The van der Waals surface area contributed by atoms with Gasteiger partial charge in [-0.25, -0.2) is 4.79 Å². The van der Waals surface area contributed by atoms with Gasteiger partial charge in [-0.05, 0) is 64.3 Å². The summed E-state index contributed by atoms with van der Waals surface area (Å²) in [5.74, 6) is -0.358. The number of carbonyl (C=O) groups excluding carboxylic acids is 2. The number of esters is 1. The zero-order valence-corrected chi connectivity index (χ0v) is 17.4. The fourth-order valence-electron chi connectivity index (χ4n) is 2.40. The molecule has 0 unspecified atom stereocenters. The molecule has 0 saturated heterocycles. The van der Waals surface area contributed by atoms with Gasteiger partial charge in [0.1, 0.15) is 5.60 Å². The number of amides is 2. The van der Waals surface area contributed by atoms with Gasteiger partial charge in [-0.1, -0.05) is 29.8 Å². The average Bonchev–Trinajstić information content (AvgIpc) is 2.44. The molecule has 25 heavy (non-hydrogen) atoms. The Labute approximate surface area is 159 Å². The van der Waals surface area contributed by atoms with Crippen LogP contribution in [0.15, 0.2) is 28.7 Å². The van der Waals surface area contributed by atoms with Crippen molar-refractivity contribution in [1.29, 1.82) is 0 Å². The molecule has 0 aliphatic carbocycles. The van der Waals surface area contributed by atoms with Crippen molar-refractivity contribution >= 4 is 33.6 Å². The minimum Gasteiger partial charge on any atom is -0.460 e. The number of benzene rings is 1. The van der Waals surface area contributed by atoms with Crippen LogP contribution in [0.25, 0.3) is 0 Å². The van der Waals surface area contributed by atoms with Crippen molar-refractivity contribution in [3.63, 3.8) is 0 Å². The van der Waals surface area contributed by atoms with E-state index in [9.17, 15) is 9.59 Å². The molecule has 5 nitrogen and oxygen atoms in total. The van der Waals surface area contributed by atoms with E-state index in [0.29, 0.717) is 18.0 Å². The highest BCUT2D eigenvalue weighted by Gasteiger charge is 2.31. The van der Waals surface area contributed by atoms with E-state index >= 15 is 0 Å². The number of hydrogen-bond donors (Lipinski definition) is 2. The number of hydrogen-bond acceptors (Lipinski definition) is 3. The molecule has 2 amide bonds. The predicted molar refractivity (Wildman–Crippen MR) is 105 cm³/mol. The van der Waals surface area contributed by atoms with E-state index in [2.05, 4.69) is 26.6 Å². The largest absolute Gasteiger partial charge is 0.460 e. The van der Waals surface area contributed by atoms with Crippen LogP contribution in [0.3, 0.4) is 0 Å². The van der Waals surface area contributed by atoms with Gasteiger partial charge in [-0.2, -0.15) is 0 Å². The molecule has 0 bridgehead atoms.